The third kappa shape index (κ3) is 2.73. The minimum absolute atomic E-state index is 0.173. The van der Waals surface area contributed by atoms with Crippen LogP contribution < -0.4 is 5.32 Å². The summed E-state index contributed by atoms with van der Waals surface area (Å²) in [6.45, 7) is 4.36. The number of hydrogen-bond donors (Lipinski definition) is 1. The fourth-order valence-corrected chi connectivity index (χ4v) is 3.00. The van der Waals surface area contributed by atoms with Gasteiger partial charge in [0.05, 0.1) is 0 Å². The zero-order chi connectivity index (χ0) is 11.7. The van der Waals surface area contributed by atoms with Crippen molar-refractivity contribution in [2.45, 2.75) is 50.6 Å². The first-order chi connectivity index (χ1) is 8.33. The lowest BCUT2D eigenvalue weighted by Crippen LogP contribution is -2.44. The van der Waals surface area contributed by atoms with Crippen LogP contribution in [0.3, 0.4) is 0 Å². The molecule has 3 fully saturated rings. The lowest BCUT2D eigenvalue weighted by atomic mass is 10.1. The van der Waals surface area contributed by atoms with Crippen molar-refractivity contribution in [3.8, 4) is 0 Å². The molecule has 1 N–H and O–H groups in total. The molecule has 2 aliphatic heterocycles. The summed E-state index contributed by atoms with van der Waals surface area (Å²) in [6.07, 6.45) is 7.58. The molecule has 17 heavy (non-hydrogen) atoms. The fourth-order valence-electron chi connectivity index (χ4n) is 3.00. The normalized spacial score (nSPS) is 30.6. The molecule has 2 heterocycles. The van der Waals surface area contributed by atoms with Crippen LogP contribution in [0, 0.1) is 0 Å². The van der Waals surface area contributed by atoms with Crippen LogP contribution >= 0.6 is 0 Å². The first-order valence-electron chi connectivity index (χ1n) is 7.12. The third-order valence-corrected chi connectivity index (χ3v) is 4.26. The van der Waals surface area contributed by atoms with E-state index in [9.17, 15) is 4.79 Å². The summed E-state index contributed by atoms with van der Waals surface area (Å²) >= 11 is 0. The number of nitrogens with one attached hydrogen (secondary N) is 1. The molecule has 0 aromatic heterocycles. The summed E-state index contributed by atoms with van der Waals surface area (Å²) < 4.78 is 0. The number of nitrogens with zero attached hydrogens (tertiary/aromatic N) is 2. The lowest BCUT2D eigenvalue weighted by molar-refractivity contribution is 0.161. The van der Waals surface area contributed by atoms with E-state index in [1.165, 1.54) is 45.2 Å². The van der Waals surface area contributed by atoms with Gasteiger partial charge in [0.15, 0.2) is 0 Å². The van der Waals surface area contributed by atoms with Gasteiger partial charge >= 0.3 is 6.03 Å². The second-order valence-corrected chi connectivity index (χ2v) is 5.71. The van der Waals surface area contributed by atoms with E-state index in [0.717, 1.165) is 19.5 Å². The van der Waals surface area contributed by atoms with E-state index < -0.39 is 0 Å². The van der Waals surface area contributed by atoms with Crippen molar-refractivity contribution in [1.29, 1.82) is 0 Å². The number of likely N-dealkylation sites (tertiary alicyclic amines) is 2. The summed E-state index contributed by atoms with van der Waals surface area (Å²) in [5, 5.41) is 3.09. The Kier molecular flexibility index (Phi) is 3.23. The molecule has 3 aliphatic rings. The maximum absolute atomic E-state index is 11.9. The maximum Gasteiger partial charge on any atom is 0.317 e. The average Bonchev–Trinajstić information content (AvgIpc) is 3.04. The number of piperidine rings is 1. The van der Waals surface area contributed by atoms with Gasteiger partial charge in [0.25, 0.3) is 0 Å². The maximum atomic E-state index is 11.9. The monoisotopic (exact) mass is 237 g/mol. The Labute approximate surface area is 103 Å². The van der Waals surface area contributed by atoms with Crippen LogP contribution in [-0.4, -0.2) is 54.1 Å². The van der Waals surface area contributed by atoms with Gasteiger partial charge in [-0.3, -0.25) is 4.90 Å². The highest BCUT2D eigenvalue weighted by molar-refractivity contribution is 5.75. The number of rotatable bonds is 2. The Morgan fingerprint density at radius 1 is 1.00 bits per heavy atom. The van der Waals surface area contributed by atoms with E-state index in [0.29, 0.717) is 12.1 Å². The molecule has 4 heteroatoms. The second-order valence-electron chi connectivity index (χ2n) is 5.71. The smallest absolute Gasteiger partial charge is 0.317 e. The molecule has 0 aromatic rings. The van der Waals surface area contributed by atoms with Gasteiger partial charge < -0.3 is 10.2 Å². The lowest BCUT2D eigenvalue weighted by Gasteiger charge is -2.32. The largest absolute Gasteiger partial charge is 0.335 e. The van der Waals surface area contributed by atoms with Crippen molar-refractivity contribution in [1.82, 2.24) is 15.1 Å². The molecule has 0 radical (unpaired) electrons. The Bertz CT molecular complexity index is 284. The summed E-state index contributed by atoms with van der Waals surface area (Å²) in [7, 11) is 0. The molecule has 1 aliphatic carbocycles. The van der Waals surface area contributed by atoms with Gasteiger partial charge in [-0.25, -0.2) is 4.79 Å². The highest BCUT2D eigenvalue weighted by Gasteiger charge is 2.33. The zero-order valence-corrected chi connectivity index (χ0v) is 10.5. The molecular weight excluding hydrogens is 214 g/mol. The first kappa shape index (κ1) is 11.3. The molecule has 4 nitrogen and oxygen atoms in total. The molecule has 3 rings (SSSR count). The van der Waals surface area contributed by atoms with E-state index in [2.05, 4.69) is 10.2 Å². The SMILES string of the molecule is O=C(NC1CC1)N1CCC(N2CCCCC2)C1. The van der Waals surface area contributed by atoms with E-state index in [4.69, 9.17) is 0 Å². The minimum Gasteiger partial charge on any atom is -0.335 e. The van der Waals surface area contributed by atoms with Crippen molar-refractivity contribution in [2.75, 3.05) is 26.2 Å². The Hall–Kier alpha value is -0.770. The van der Waals surface area contributed by atoms with Gasteiger partial charge in [0.2, 0.25) is 0 Å². The number of hydrogen-bond acceptors (Lipinski definition) is 2. The first-order valence-corrected chi connectivity index (χ1v) is 7.12. The van der Waals surface area contributed by atoms with Crippen molar-refractivity contribution in [2.24, 2.45) is 0 Å². The quantitative estimate of drug-likeness (QED) is 0.788. The fraction of sp³-hybridized carbons (Fsp3) is 0.923. The van der Waals surface area contributed by atoms with Crippen LogP contribution in [0.25, 0.3) is 0 Å². The summed E-state index contributed by atoms with van der Waals surface area (Å²) in [5.74, 6) is 0. The van der Waals surface area contributed by atoms with Crippen molar-refractivity contribution in [3.63, 3.8) is 0 Å². The average molecular weight is 237 g/mol. The van der Waals surface area contributed by atoms with Crippen LogP contribution in [0.2, 0.25) is 0 Å². The summed E-state index contributed by atoms with van der Waals surface area (Å²) in [4.78, 5) is 16.5. The zero-order valence-electron chi connectivity index (χ0n) is 10.5. The Morgan fingerprint density at radius 2 is 1.76 bits per heavy atom. The van der Waals surface area contributed by atoms with Gasteiger partial charge in [0.1, 0.15) is 0 Å². The van der Waals surface area contributed by atoms with Crippen molar-refractivity contribution in [3.05, 3.63) is 0 Å². The molecule has 2 saturated heterocycles. The number of urea groups is 1. The molecule has 1 atom stereocenters. The van der Waals surface area contributed by atoms with E-state index in [1.807, 2.05) is 4.90 Å². The van der Waals surface area contributed by atoms with Gasteiger partial charge in [-0.2, -0.15) is 0 Å². The molecule has 2 amide bonds. The molecule has 1 unspecified atom stereocenters. The third-order valence-electron chi connectivity index (χ3n) is 4.26. The van der Waals surface area contributed by atoms with Crippen LogP contribution in [0.4, 0.5) is 4.79 Å². The molecular formula is C13H23N3O. The van der Waals surface area contributed by atoms with E-state index in [-0.39, 0.29) is 6.03 Å². The van der Waals surface area contributed by atoms with Crippen LogP contribution in [-0.2, 0) is 0 Å². The predicted octanol–water partition coefficient (Wildman–Crippen LogP) is 1.42. The highest BCUT2D eigenvalue weighted by atomic mass is 16.2. The molecule has 96 valence electrons. The number of carbonyl (C=O) groups excluding carboxylic acids is 1. The van der Waals surface area contributed by atoms with Crippen LogP contribution in [0.5, 0.6) is 0 Å². The van der Waals surface area contributed by atoms with Gasteiger partial charge in [0, 0.05) is 25.2 Å². The second kappa shape index (κ2) is 4.84. The number of carbonyl (C=O) groups is 1. The standard InChI is InChI=1S/C13H23N3O/c17-13(14-11-4-5-11)16-9-6-12(10-16)15-7-2-1-3-8-15/h11-12H,1-10H2,(H,14,17). The predicted molar refractivity (Wildman–Crippen MR) is 67.0 cm³/mol. The molecule has 1 saturated carbocycles. The molecule has 0 bridgehead atoms. The number of amides is 2. The summed E-state index contributed by atoms with van der Waals surface area (Å²) in [6, 6.07) is 1.28. The Morgan fingerprint density at radius 3 is 2.47 bits per heavy atom. The van der Waals surface area contributed by atoms with E-state index in [1.54, 1.807) is 0 Å². The van der Waals surface area contributed by atoms with Crippen LogP contribution in [0.1, 0.15) is 38.5 Å². The Balaban J connectivity index is 1.48. The molecule has 0 aromatic carbocycles. The van der Waals surface area contributed by atoms with Crippen LogP contribution in [0.15, 0.2) is 0 Å². The van der Waals surface area contributed by atoms with Crippen molar-refractivity contribution < 1.29 is 4.79 Å². The summed E-state index contributed by atoms with van der Waals surface area (Å²) in [5.41, 5.74) is 0. The van der Waals surface area contributed by atoms with Gasteiger partial charge in [-0.15, -0.1) is 0 Å². The topological polar surface area (TPSA) is 35.6 Å². The van der Waals surface area contributed by atoms with Gasteiger partial charge in [-0.05, 0) is 45.2 Å². The van der Waals surface area contributed by atoms with Gasteiger partial charge in [-0.1, -0.05) is 6.42 Å². The van der Waals surface area contributed by atoms with E-state index >= 15 is 0 Å². The highest BCUT2D eigenvalue weighted by Crippen LogP contribution is 2.22. The van der Waals surface area contributed by atoms with Crippen molar-refractivity contribution >= 4 is 6.03 Å². The minimum atomic E-state index is 0.173. The molecule has 0 spiro atoms.